The molecular weight excluding hydrogens is 304 g/mol. The number of piperazine rings is 1. The Morgan fingerprint density at radius 2 is 1.83 bits per heavy atom. The molecule has 0 atom stereocenters. The minimum Gasteiger partial charge on any atom is -0.422 e. The van der Waals surface area contributed by atoms with Gasteiger partial charge in [-0.25, -0.2) is 4.79 Å². The molecule has 24 heavy (non-hydrogen) atoms. The third kappa shape index (κ3) is 2.69. The molecule has 3 aromatic rings. The second-order valence-electron chi connectivity index (χ2n) is 6.33. The van der Waals surface area contributed by atoms with Crippen LogP contribution in [0.5, 0.6) is 0 Å². The number of nitrogens with zero attached hydrogens (tertiary/aromatic N) is 4. The van der Waals surface area contributed by atoms with Crippen LogP contribution in [0.15, 0.2) is 45.7 Å². The van der Waals surface area contributed by atoms with E-state index in [1.165, 1.54) is 0 Å². The van der Waals surface area contributed by atoms with E-state index < -0.39 is 0 Å². The van der Waals surface area contributed by atoms with Gasteiger partial charge in [-0.05, 0) is 31.3 Å². The lowest BCUT2D eigenvalue weighted by Crippen LogP contribution is -2.44. The second kappa shape index (κ2) is 5.79. The van der Waals surface area contributed by atoms with Crippen LogP contribution in [0.3, 0.4) is 0 Å². The number of hydrogen-bond acceptors (Lipinski definition) is 5. The van der Waals surface area contributed by atoms with Crippen molar-refractivity contribution in [2.75, 3.05) is 38.1 Å². The fourth-order valence-electron chi connectivity index (χ4n) is 3.10. The maximum atomic E-state index is 12.3. The van der Waals surface area contributed by atoms with Gasteiger partial charge in [-0.3, -0.25) is 4.68 Å². The first-order chi connectivity index (χ1) is 11.6. The van der Waals surface area contributed by atoms with Crippen LogP contribution < -0.4 is 10.5 Å². The van der Waals surface area contributed by atoms with Crippen molar-refractivity contribution >= 4 is 16.7 Å². The van der Waals surface area contributed by atoms with Gasteiger partial charge in [-0.1, -0.05) is 0 Å². The Balaban J connectivity index is 1.72. The van der Waals surface area contributed by atoms with Gasteiger partial charge in [0.05, 0.1) is 11.3 Å². The Morgan fingerprint density at radius 1 is 1.04 bits per heavy atom. The Kier molecular flexibility index (Phi) is 3.61. The van der Waals surface area contributed by atoms with Crippen molar-refractivity contribution in [3.8, 4) is 11.3 Å². The summed E-state index contributed by atoms with van der Waals surface area (Å²) >= 11 is 0. The average molecular weight is 324 g/mol. The summed E-state index contributed by atoms with van der Waals surface area (Å²) in [5.74, 6) is 0. The largest absolute Gasteiger partial charge is 0.422 e. The first-order valence-corrected chi connectivity index (χ1v) is 8.11. The van der Waals surface area contributed by atoms with Crippen molar-refractivity contribution in [2.24, 2.45) is 7.05 Å². The molecule has 0 amide bonds. The molecule has 3 heterocycles. The Hall–Kier alpha value is -2.60. The fourth-order valence-corrected chi connectivity index (χ4v) is 3.10. The van der Waals surface area contributed by atoms with Gasteiger partial charge in [0.15, 0.2) is 0 Å². The molecule has 0 bridgehead atoms. The lowest BCUT2D eigenvalue weighted by molar-refractivity contribution is 0.313. The van der Waals surface area contributed by atoms with Crippen LogP contribution in [0.2, 0.25) is 0 Å². The fraction of sp³-hybridized carbons (Fsp3) is 0.333. The van der Waals surface area contributed by atoms with Crippen molar-refractivity contribution in [3.05, 3.63) is 46.9 Å². The first-order valence-electron chi connectivity index (χ1n) is 8.11. The number of hydrogen-bond donors (Lipinski definition) is 0. The van der Waals surface area contributed by atoms with Crippen molar-refractivity contribution in [2.45, 2.75) is 0 Å². The SMILES string of the molecule is CN1CCN(c2ccc3cc(-c4ccn(C)n4)c(=O)oc3c2)CC1. The second-order valence-corrected chi connectivity index (χ2v) is 6.33. The minimum absolute atomic E-state index is 0.350. The van der Waals surface area contributed by atoms with Gasteiger partial charge in [0.2, 0.25) is 0 Å². The summed E-state index contributed by atoms with van der Waals surface area (Å²) in [6.45, 7) is 4.05. The summed E-state index contributed by atoms with van der Waals surface area (Å²) in [5.41, 5.74) is 2.50. The Bertz CT molecular complexity index is 936. The molecular formula is C18H20N4O2. The summed E-state index contributed by atoms with van der Waals surface area (Å²) in [5, 5.41) is 5.20. The highest BCUT2D eigenvalue weighted by molar-refractivity contribution is 5.84. The van der Waals surface area contributed by atoms with E-state index in [4.69, 9.17) is 4.42 Å². The molecule has 0 aliphatic carbocycles. The topological polar surface area (TPSA) is 54.5 Å². The molecule has 6 nitrogen and oxygen atoms in total. The van der Waals surface area contributed by atoms with Crippen LogP contribution in [-0.2, 0) is 7.05 Å². The van der Waals surface area contributed by atoms with E-state index in [0.717, 1.165) is 37.3 Å². The highest BCUT2D eigenvalue weighted by Crippen LogP contribution is 2.25. The molecule has 4 rings (SSSR count). The van der Waals surface area contributed by atoms with Crippen LogP contribution in [0.4, 0.5) is 5.69 Å². The van der Waals surface area contributed by atoms with E-state index in [1.807, 2.05) is 37.5 Å². The summed E-state index contributed by atoms with van der Waals surface area (Å²) in [4.78, 5) is 17.0. The quantitative estimate of drug-likeness (QED) is 0.674. The van der Waals surface area contributed by atoms with Gasteiger partial charge in [0, 0.05) is 56.6 Å². The number of aromatic nitrogens is 2. The zero-order valence-corrected chi connectivity index (χ0v) is 13.9. The molecule has 0 N–H and O–H groups in total. The summed E-state index contributed by atoms with van der Waals surface area (Å²) in [7, 11) is 3.96. The molecule has 1 fully saturated rings. The first kappa shape index (κ1) is 15.0. The molecule has 0 spiro atoms. The zero-order valence-electron chi connectivity index (χ0n) is 13.9. The molecule has 6 heteroatoms. The number of anilines is 1. The van der Waals surface area contributed by atoms with Crippen molar-refractivity contribution in [1.82, 2.24) is 14.7 Å². The van der Waals surface area contributed by atoms with E-state index in [9.17, 15) is 4.79 Å². The molecule has 1 aliphatic rings. The van der Waals surface area contributed by atoms with Crippen LogP contribution in [0.25, 0.3) is 22.2 Å². The lowest BCUT2D eigenvalue weighted by Gasteiger charge is -2.34. The van der Waals surface area contributed by atoms with Crippen LogP contribution in [0.1, 0.15) is 0 Å². The van der Waals surface area contributed by atoms with Crippen molar-refractivity contribution in [1.29, 1.82) is 0 Å². The molecule has 124 valence electrons. The predicted molar refractivity (Wildman–Crippen MR) is 94.4 cm³/mol. The Morgan fingerprint density at radius 3 is 2.54 bits per heavy atom. The van der Waals surface area contributed by atoms with Gasteiger partial charge < -0.3 is 14.2 Å². The normalized spacial score (nSPS) is 16.0. The number of fused-ring (bicyclic) bond motifs is 1. The maximum absolute atomic E-state index is 12.3. The van der Waals surface area contributed by atoms with E-state index >= 15 is 0 Å². The maximum Gasteiger partial charge on any atom is 0.345 e. The van der Waals surface area contributed by atoms with Gasteiger partial charge in [-0.2, -0.15) is 5.10 Å². The predicted octanol–water partition coefficient (Wildman–Crippen LogP) is 1.95. The molecule has 1 aromatic carbocycles. The third-order valence-corrected chi connectivity index (χ3v) is 4.58. The van der Waals surface area contributed by atoms with Gasteiger partial charge in [0.25, 0.3) is 0 Å². The smallest absolute Gasteiger partial charge is 0.345 e. The number of rotatable bonds is 2. The van der Waals surface area contributed by atoms with Crippen molar-refractivity contribution < 1.29 is 4.42 Å². The minimum atomic E-state index is -0.350. The van der Waals surface area contributed by atoms with Gasteiger partial charge in [-0.15, -0.1) is 0 Å². The van der Waals surface area contributed by atoms with E-state index in [2.05, 4.69) is 28.0 Å². The zero-order chi connectivity index (χ0) is 16.7. The monoisotopic (exact) mass is 324 g/mol. The standard InChI is InChI=1S/C18H20N4O2/c1-20-7-9-22(10-8-20)14-4-3-13-11-15(16-5-6-21(2)19-16)18(23)24-17(13)12-14/h3-6,11-12H,7-10H2,1-2H3. The third-order valence-electron chi connectivity index (χ3n) is 4.58. The molecule has 0 unspecified atom stereocenters. The molecule has 0 saturated carbocycles. The summed E-state index contributed by atoms with van der Waals surface area (Å²) < 4.78 is 7.24. The van der Waals surface area contributed by atoms with Gasteiger partial charge in [0.1, 0.15) is 5.58 Å². The molecule has 1 aliphatic heterocycles. The van der Waals surface area contributed by atoms with Crippen molar-refractivity contribution in [3.63, 3.8) is 0 Å². The van der Waals surface area contributed by atoms with E-state index in [1.54, 1.807) is 4.68 Å². The summed E-state index contributed by atoms with van der Waals surface area (Å²) in [6.07, 6.45) is 1.81. The molecule has 2 aromatic heterocycles. The highest BCUT2D eigenvalue weighted by atomic mass is 16.4. The van der Waals surface area contributed by atoms with Gasteiger partial charge >= 0.3 is 5.63 Å². The molecule has 0 radical (unpaired) electrons. The number of likely N-dealkylation sites (N-methyl/N-ethyl adjacent to an activating group) is 1. The van der Waals surface area contributed by atoms with E-state index in [-0.39, 0.29) is 5.63 Å². The summed E-state index contributed by atoms with van der Waals surface area (Å²) in [6, 6.07) is 9.74. The lowest BCUT2D eigenvalue weighted by atomic mass is 10.1. The average Bonchev–Trinajstić information content (AvgIpc) is 3.00. The highest BCUT2D eigenvalue weighted by Gasteiger charge is 2.16. The van der Waals surface area contributed by atoms with E-state index in [0.29, 0.717) is 16.8 Å². The Labute approximate surface area is 139 Å². The number of aryl methyl sites for hydroxylation is 1. The number of benzene rings is 1. The van der Waals surface area contributed by atoms with Crippen LogP contribution in [0, 0.1) is 0 Å². The van der Waals surface area contributed by atoms with Crippen LogP contribution in [-0.4, -0.2) is 47.9 Å². The molecule has 1 saturated heterocycles. The van der Waals surface area contributed by atoms with Crippen LogP contribution >= 0.6 is 0 Å².